The van der Waals surface area contributed by atoms with E-state index in [1.807, 2.05) is 13.0 Å². The maximum atomic E-state index is 10.7. The van der Waals surface area contributed by atoms with Crippen LogP contribution in [0.5, 0.6) is 0 Å². The first-order valence-corrected chi connectivity index (χ1v) is 6.28. The number of aromatic nitrogens is 2. The summed E-state index contributed by atoms with van der Waals surface area (Å²) in [5.41, 5.74) is 1.76. The highest BCUT2D eigenvalue weighted by Gasteiger charge is 2.08. The first-order valence-electron chi connectivity index (χ1n) is 3.80. The van der Waals surface area contributed by atoms with E-state index in [0.29, 0.717) is 6.42 Å². The van der Waals surface area contributed by atoms with E-state index in [4.69, 9.17) is 10.7 Å². The van der Waals surface area contributed by atoms with Crippen LogP contribution in [0, 0.1) is 6.92 Å². The third-order valence-electron chi connectivity index (χ3n) is 1.70. The largest absolute Gasteiger partial charge is 0.272 e. The van der Waals surface area contributed by atoms with Gasteiger partial charge in [0.1, 0.15) is 0 Å². The normalized spacial score (nSPS) is 11.9. The van der Waals surface area contributed by atoms with Crippen LogP contribution in [0.25, 0.3) is 0 Å². The Bertz CT molecular complexity index is 397. The SMILES string of the molecule is Cc1cc(CCS(=O)(=O)Cl)n(C)n1. The summed E-state index contributed by atoms with van der Waals surface area (Å²) in [6.45, 7) is 1.86. The molecular weight excluding hydrogens is 212 g/mol. The van der Waals surface area contributed by atoms with Gasteiger partial charge in [-0.15, -0.1) is 0 Å². The Kier molecular flexibility index (Phi) is 2.98. The molecule has 13 heavy (non-hydrogen) atoms. The quantitative estimate of drug-likeness (QED) is 0.713. The second kappa shape index (κ2) is 3.67. The van der Waals surface area contributed by atoms with Crippen LogP contribution in [-0.4, -0.2) is 24.0 Å². The van der Waals surface area contributed by atoms with Crippen molar-refractivity contribution in [2.75, 3.05) is 5.75 Å². The average Bonchev–Trinajstić information content (AvgIpc) is 2.24. The number of nitrogens with zero attached hydrogens (tertiary/aromatic N) is 2. The van der Waals surface area contributed by atoms with Gasteiger partial charge in [0.25, 0.3) is 0 Å². The highest BCUT2D eigenvalue weighted by Crippen LogP contribution is 2.06. The molecule has 0 spiro atoms. The van der Waals surface area contributed by atoms with E-state index >= 15 is 0 Å². The zero-order chi connectivity index (χ0) is 10.1. The van der Waals surface area contributed by atoms with Crippen molar-refractivity contribution in [2.45, 2.75) is 13.3 Å². The van der Waals surface area contributed by atoms with Crippen molar-refractivity contribution >= 4 is 19.7 Å². The van der Waals surface area contributed by atoms with Crippen molar-refractivity contribution < 1.29 is 8.42 Å². The molecule has 1 rings (SSSR count). The molecule has 0 aliphatic rings. The van der Waals surface area contributed by atoms with Crippen molar-refractivity contribution in [3.63, 3.8) is 0 Å². The Labute approximate surface area is 81.9 Å². The molecule has 1 aromatic heterocycles. The first-order chi connectivity index (χ1) is 5.88. The summed E-state index contributed by atoms with van der Waals surface area (Å²) < 4.78 is 23.0. The van der Waals surface area contributed by atoms with E-state index in [0.717, 1.165) is 11.4 Å². The number of aryl methyl sites for hydroxylation is 3. The number of hydrogen-bond donors (Lipinski definition) is 0. The van der Waals surface area contributed by atoms with Crippen molar-refractivity contribution in [1.29, 1.82) is 0 Å². The van der Waals surface area contributed by atoms with Gasteiger partial charge in [0.2, 0.25) is 9.05 Å². The van der Waals surface area contributed by atoms with Crippen molar-refractivity contribution in [1.82, 2.24) is 9.78 Å². The van der Waals surface area contributed by atoms with Gasteiger partial charge in [-0.3, -0.25) is 4.68 Å². The fourth-order valence-electron chi connectivity index (χ4n) is 1.12. The Morgan fingerprint density at radius 1 is 1.62 bits per heavy atom. The lowest BCUT2D eigenvalue weighted by Gasteiger charge is -1.98. The highest BCUT2D eigenvalue weighted by molar-refractivity contribution is 8.13. The summed E-state index contributed by atoms with van der Waals surface area (Å²) in [6, 6.07) is 1.85. The van der Waals surface area contributed by atoms with E-state index in [-0.39, 0.29) is 5.75 Å². The standard InChI is InChI=1S/C7H11ClN2O2S/c1-6-5-7(10(2)9-6)3-4-13(8,11)12/h5H,3-4H2,1-2H3. The average molecular weight is 223 g/mol. The second-order valence-corrected chi connectivity index (χ2v) is 5.79. The molecule has 0 aromatic carbocycles. The predicted octanol–water partition coefficient (Wildman–Crippen LogP) is 0.840. The summed E-state index contributed by atoms with van der Waals surface area (Å²) in [5, 5.41) is 4.09. The molecule has 74 valence electrons. The van der Waals surface area contributed by atoms with Crippen LogP contribution in [0.3, 0.4) is 0 Å². The van der Waals surface area contributed by atoms with Crippen molar-refractivity contribution in [3.8, 4) is 0 Å². The molecule has 6 heteroatoms. The van der Waals surface area contributed by atoms with Gasteiger partial charge in [-0.05, 0) is 13.0 Å². The lowest BCUT2D eigenvalue weighted by Crippen LogP contribution is -2.05. The summed E-state index contributed by atoms with van der Waals surface area (Å²) in [7, 11) is 3.47. The number of halogens is 1. The maximum Gasteiger partial charge on any atom is 0.232 e. The van der Waals surface area contributed by atoms with Gasteiger partial charge < -0.3 is 0 Å². The number of rotatable bonds is 3. The van der Waals surface area contributed by atoms with Gasteiger partial charge in [0.05, 0.1) is 11.4 Å². The molecule has 0 N–H and O–H groups in total. The second-order valence-electron chi connectivity index (χ2n) is 2.89. The minimum atomic E-state index is -3.40. The lowest BCUT2D eigenvalue weighted by molar-refractivity contribution is 0.607. The summed E-state index contributed by atoms with van der Waals surface area (Å²) >= 11 is 0. The highest BCUT2D eigenvalue weighted by atomic mass is 35.7. The molecular formula is C7H11ClN2O2S. The summed E-state index contributed by atoms with van der Waals surface area (Å²) in [6.07, 6.45) is 0.406. The minimum absolute atomic E-state index is 0.0481. The molecule has 0 aliphatic heterocycles. The Balaban J connectivity index is 2.70. The molecule has 0 amide bonds. The first kappa shape index (κ1) is 10.5. The molecule has 0 aliphatic carbocycles. The zero-order valence-corrected chi connectivity index (χ0v) is 9.06. The molecule has 4 nitrogen and oxygen atoms in total. The van der Waals surface area contributed by atoms with Crippen LogP contribution in [0.2, 0.25) is 0 Å². The van der Waals surface area contributed by atoms with Gasteiger partial charge >= 0.3 is 0 Å². The molecule has 0 bridgehead atoms. The van der Waals surface area contributed by atoms with E-state index in [1.54, 1.807) is 11.7 Å². The van der Waals surface area contributed by atoms with Gasteiger partial charge in [-0.2, -0.15) is 5.10 Å². The molecule has 0 fully saturated rings. The Morgan fingerprint density at radius 2 is 2.23 bits per heavy atom. The van der Waals surface area contributed by atoms with E-state index in [2.05, 4.69) is 5.10 Å². The minimum Gasteiger partial charge on any atom is -0.272 e. The monoisotopic (exact) mass is 222 g/mol. The summed E-state index contributed by atoms with van der Waals surface area (Å²) in [5.74, 6) is -0.0481. The Hall–Kier alpha value is -0.550. The van der Waals surface area contributed by atoms with Crippen LogP contribution < -0.4 is 0 Å². The van der Waals surface area contributed by atoms with Crippen LogP contribution in [-0.2, 0) is 22.5 Å². The van der Waals surface area contributed by atoms with Gasteiger partial charge in [0, 0.05) is 29.8 Å². The molecule has 0 saturated carbocycles. The molecule has 1 aromatic rings. The predicted molar refractivity (Wildman–Crippen MR) is 51.3 cm³/mol. The van der Waals surface area contributed by atoms with Crippen LogP contribution in [0.1, 0.15) is 11.4 Å². The molecule has 0 saturated heterocycles. The molecule has 0 unspecified atom stereocenters. The smallest absolute Gasteiger partial charge is 0.232 e. The molecule has 1 heterocycles. The van der Waals surface area contributed by atoms with E-state index in [1.165, 1.54) is 0 Å². The van der Waals surface area contributed by atoms with Crippen LogP contribution >= 0.6 is 10.7 Å². The zero-order valence-electron chi connectivity index (χ0n) is 7.49. The van der Waals surface area contributed by atoms with E-state index < -0.39 is 9.05 Å². The molecule has 0 radical (unpaired) electrons. The third kappa shape index (κ3) is 3.36. The Morgan fingerprint density at radius 3 is 2.62 bits per heavy atom. The van der Waals surface area contributed by atoms with Crippen LogP contribution in [0.15, 0.2) is 6.07 Å². The molecule has 0 atom stereocenters. The van der Waals surface area contributed by atoms with Gasteiger partial charge in [0.15, 0.2) is 0 Å². The van der Waals surface area contributed by atoms with Crippen molar-refractivity contribution in [2.24, 2.45) is 7.05 Å². The van der Waals surface area contributed by atoms with Crippen molar-refractivity contribution in [3.05, 3.63) is 17.5 Å². The maximum absolute atomic E-state index is 10.7. The third-order valence-corrected chi connectivity index (χ3v) is 2.86. The fraction of sp³-hybridized carbons (Fsp3) is 0.571. The van der Waals surface area contributed by atoms with Crippen LogP contribution in [0.4, 0.5) is 0 Å². The fourth-order valence-corrected chi connectivity index (χ4v) is 1.81. The number of hydrogen-bond acceptors (Lipinski definition) is 3. The summed E-state index contributed by atoms with van der Waals surface area (Å²) in [4.78, 5) is 0. The van der Waals surface area contributed by atoms with Gasteiger partial charge in [-0.1, -0.05) is 0 Å². The van der Waals surface area contributed by atoms with E-state index in [9.17, 15) is 8.42 Å². The van der Waals surface area contributed by atoms with Gasteiger partial charge in [-0.25, -0.2) is 8.42 Å². The lowest BCUT2D eigenvalue weighted by atomic mass is 10.3. The topological polar surface area (TPSA) is 52.0 Å².